The molecule has 0 atom stereocenters. The van der Waals surface area contributed by atoms with Gasteiger partial charge in [0.1, 0.15) is 12.1 Å². The van der Waals surface area contributed by atoms with E-state index in [0.717, 1.165) is 6.07 Å². The van der Waals surface area contributed by atoms with Crippen molar-refractivity contribution in [3.05, 3.63) is 28.3 Å². The Hall–Kier alpha value is -1.16. The lowest BCUT2D eigenvalue weighted by Gasteiger charge is -2.10. The summed E-state index contributed by atoms with van der Waals surface area (Å²) >= 11 is 5.47. The third-order valence-corrected chi connectivity index (χ3v) is 2.21. The van der Waals surface area contributed by atoms with Crippen LogP contribution in [0, 0.1) is 11.6 Å². The van der Waals surface area contributed by atoms with Gasteiger partial charge in [-0.3, -0.25) is 0 Å². The number of carbonyl (C=O) groups is 1. The normalized spacial score (nSPS) is 10.1. The molecule has 82 valence electrons. The molecule has 2 nitrogen and oxygen atoms in total. The minimum Gasteiger partial charge on any atom is -0.493 e. The maximum Gasteiger partial charge on any atom is 0.167 e. The zero-order valence-corrected chi connectivity index (χ0v) is 8.78. The Balaban J connectivity index is 3.23. The molecule has 0 N–H and O–H groups in total. The Kier molecular flexibility index (Phi) is 4.03. The molecule has 0 heterocycles. The van der Waals surface area contributed by atoms with Gasteiger partial charge in [-0.1, -0.05) is 11.6 Å². The average Bonchev–Trinajstić information content (AvgIpc) is 2.21. The zero-order chi connectivity index (χ0) is 11.4. The molecule has 0 fully saturated rings. The summed E-state index contributed by atoms with van der Waals surface area (Å²) in [7, 11) is 1.23. The number of carbonyl (C=O) groups excluding carboxylic acids is 1. The number of halogens is 3. The second kappa shape index (κ2) is 5.07. The van der Waals surface area contributed by atoms with E-state index in [4.69, 9.17) is 16.3 Å². The van der Waals surface area contributed by atoms with Gasteiger partial charge in [0.05, 0.1) is 12.1 Å². The van der Waals surface area contributed by atoms with Gasteiger partial charge in [-0.15, -0.1) is 0 Å². The molecule has 0 amide bonds. The topological polar surface area (TPSA) is 26.3 Å². The van der Waals surface area contributed by atoms with Crippen LogP contribution in [0.1, 0.15) is 12.0 Å². The third kappa shape index (κ3) is 2.45. The van der Waals surface area contributed by atoms with E-state index in [0.29, 0.717) is 6.29 Å². The molecule has 0 aliphatic carbocycles. The third-order valence-electron chi connectivity index (χ3n) is 1.94. The van der Waals surface area contributed by atoms with Gasteiger partial charge in [0.25, 0.3) is 0 Å². The van der Waals surface area contributed by atoms with Crippen LogP contribution < -0.4 is 4.74 Å². The fourth-order valence-electron chi connectivity index (χ4n) is 1.28. The van der Waals surface area contributed by atoms with Gasteiger partial charge in [0, 0.05) is 12.0 Å². The van der Waals surface area contributed by atoms with Gasteiger partial charge >= 0.3 is 0 Å². The van der Waals surface area contributed by atoms with E-state index in [9.17, 15) is 13.6 Å². The first kappa shape index (κ1) is 11.9. The number of methoxy groups -OCH3 is 1. The monoisotopic (exact) mass is 234 g/mol. The van der Waals surface area contributed by atoms with Crippen LogP contribution in [-0.4, -0.2) is 13.4 Å². The first-order chi connectivity index (χ1) is 7.11. The molecule has 0 saturated carbocycles. The fourth-order valence-corrected chi connectivity index (χ4v) is 1.49. The summed E-state index contributed by atoms with van der Waals surface area (Å²) in [4.78, 5) is 10.2. The van der Waals surface area contributed by atoms with Gasteiger partial charge in [-0.2, -0.15) is 0 Å². The van der Waals surface area contributed by atoms with Gasteiger partial charge in [0.15, 0.2) is 11.6 Å². The Morgan fingerprint density at radius 2 is 2.20 bits per heavy atom. The van der Waals surface area contributed by atoms with Crippen LogP contribution in [0.2, 0.25) is 5.02 Å². The first-order valence-electron chi connectivity index (χ1n) is 4.25. The summed E-state index contributed by atoms with van der Waals surface area (Å²) < 4.78 is 31.4. The van der Waals surface area contributed by atoms with Gasteiger partial charge < -0.3 is 9.53 Å². The van der Waals surface area contributed by atoms with Crippen LogP contribution in [0.4, 0.5) is 8.78 Å². The molecule has 0 aliphatic rings. The highest BCUT2D eigenvalue weighted by Crippen LogP contribution is 2.31. The van der Waals surface area contributed by atoms with E-state index in [1.54, 1.807) is 0 Å². The molecule has 5 heteroatoms. The highest BCUT2D eigenvalue weighted by molar-refractivity contribution is 6.30. The molecule has 0 aliphatic heterocycles. The SMILES string of the molecule is COc1c(F)cc(Cl)c(F)c1CCC=O. The highest BCUT2D eigenvalue weighted by Gasteiger charge is 2.17. The molecular weight excluding hydrogens is 226 g/mol. The van der Waals surface area contributed by atoms with Crippen LogP contribution in [0.25, 0.3) is 0 Å². The summed E-state index contributed by atoms with van der Waals surface area (Å²) in [6.45, 7) is 0. The molecule has 1 rings (SSSR count). The fraction of sp³-hybridized carbons (Fsp3) is 0.300. The number of hydrogen-bond donors (Lipinski definition) is 0. The minimum absolute atomic E-state index is 0.00500. The lowest BCUT2D eigenvalue weighted by molar-refractivity contribution is -0.107. The van der Waals surface area contributed by atoms with Crippen molar-refractivity contribution >= 4 is 17.9 Å². The van der Waals surface area contributed by atoms with Crippen molar-refractivity contribution < 1.29 is 18.3 Å². The van der Waals surface area contributed by atoms with E-state index in [2.05, 4.69) is 0 Å². The van der Waals surface area contributed by atoms with Crippen molar-refractivity contribution in [3.63, 3.8) is 0 Å². The van der Waals surface area contributed by atoms with Crippen LogP contribution in [0.5, 0.6) is 5.75 Å². The number of ether oxygens (including phenoxy) is 1. The number of aldehydes is 1. The molecule has 0 radical (unpaired) electrons. The second-order valence-corrected chi connectivity index (χ2v) is 3.28. The van der Waals surface area contributed by atoms with Gasteiger partial charge in [0.2, 0.25) is 0 Å². The number of rotatable bonds is 4. The van der Waals surface area contributed by atoms with Crippen molar-refractivity contribution in [2.45, 2.75) is 12.8 Å². The van der Waals surface area contributed by atoms with Crippen LogP contribution in [0.15, 0.2) is 6.07 Å². The quantitative estimate of drug-likeness (QED) is 0.592. The number of benzene rings is 1. The summed E-state index contributed by atoms with van der Waals surface area (Å²) in [5.41, 5.74) is -0.00500. The standard InChI is InChI=1S/C10H9ClF2O2/c1-15-10-6(3-2-4-14)9(13)7(11)5-8(10)12/h4-5H,2-3H2,1H3. The second-order valence-electron chi connectivity index (χ2n) is 2.87. The van der Waals surface area contributed by atoms with Crippen LogP contribution in [0.3, 0.4) is 0 Å². The summed E-state index contributed by atoms with van der Waals surface area (Å²) in [5, 5.41) is -0.311. The van der Waals surface area contributed by atoms with E-state index in [1.165, 1.54) is 7.11 Å². The van der Waals surface area contributed by atoms with Gasteiger partial charge in [-0.25, -0.2) is 8.78 Å². The first-order valence-corrected chi connectivity index (χ1v) is 4.63. The van der Waals surface area contributed by atoms with E-state index < -0.39 is 11.6 Å². The lowest BCUT2D eigenvalue weighted by Crippen LogP contribution is -2.00. The molecule has 0 unspecified atom stereocenters. The largest absolute Gasteiger partial charge is 0.493 e. The maximum absolute atomic E-state index is 13.5. The molecule has 1 aromatic rings. The van der Waals surface area contributed by atoms with Crippen LogP contribution in [-0.2, 0) is 11.2 Å². The van der Waals surface area contributed by atoms with Crippen molar-refractivity contribution in [2.24, 2.45) is 0 Å². The summed E-state index contributed by atoms with van der Waals surface area (Å²) in [6, 6.07) is 0.847. The van der Waals surface area contributed by atoms with E-state index in [-0.39, 0.29) is 29.2 Å². The van der Waals surface area contributed by atoms with E-state index >= 15 is 0 Å². The zero-order valence-electron chi connectivity index (χ0n) is 8.02. The smallest absolute Gasteiger partial charge is 0.167 e. The summed E-state index contributed by atoms with van der Waals surface area (Å²) in [6.07, 6.45) is 0.779. The Morgan fingerprint density at radius 3 is 2.73 bits per heavy atom. The molecular formula is C10H9ClF2O2. The average molecular weight is 235 g/mol. The molecule has 1 aromatic carbocycles. The molecule has 0 aromatic heterocycles. The van der Waals surface area contributed by atoms with Crippen molar-refractivity contribution in [1.82, 2.24) is 0 Å². The predicted octanol–water partition coefficient (Wildman–Crippen LogP) is 2.76. The molecule has 0 bridgehead atoms. The number of hydrogen-bond acceptors (Lipinski definition) is 2. The maximum atomic E-state index is 13.5. The highest BCUT2D eigenvalue weighted by atomic mass is 35.5. The van der Waals surface area contributed by atoms with Gasteiger partial charge in [-0.05, 0) is 12.5 Å². The van der Waals surface area contributed by atoms with Crippen molar-refractivity contribution in [2.75, 3.05) is 7.11 Å². The molecule has 0 saturated heterocycles. The Morgan fingerprint density at radius 1 is 1.53 bits per heavy atom. The molecule has 15 heavy (non-hydrogen) atoms. The Bertz CT molecular complexity index is 380. The predicted molar refractivity (Wildman–Crippen MR) is 52.3 cm³/mol. The molecule has 0 spiro atoms. The van der Waals surface area contributed by atoms with Crippen LogP contribution >= 0.6 is 11.6 Å². The minimum atomic E-state index is -0.739. The lowest BCUT2D eigenvalue weighted by atomic mass is 10.1. The van der Waals surface area contributed by atoms with Crippen molar-refractivity contribution in [1.29, 1.82) is 0 Å². The Labute approximate surface area is 90.8 Å². The van der Waals surface area contributed by atoms with Crippen molar-refractivity contribution in [3.8, 4) is 5.75 Å². The summed E-state index contributed by atoms with van der Waals surface area (Å²) in [5.74, 6) is -1.67. The van der Waals surface area contributed by atoms with E-state index in [1.807, 2.05) is 0 Å².